The van der Waals surface area contributed by atoms with Crippen molar-refractivity contribution in [1.29, 1.82) is 0 Å². The van der Waals surface area contributed by atoms with Gasteiger partial charge >= 0.3 is 0 Å². The first-order chi connectivity index (χ1) is 9.07. The van der Waals surface area contributed by atoms with Crippen molar-refractivity contribution in [1.82, 2.24) is 4.31 Å². The van der Waals surface area contributed by atoms with Gasteiger partial charge in [0.25, 0.3) is 0 Å². The molecule has 5 nitrogen and oxygen atoms in total. The van der Waals surface area contributed by atoms with Crippen LogP contribution in [0.25, 0.3) is 0 Å². The van der Waals surface area contributed by atoms with Crippen molar-refractivity contribution in [3.05, 3.63) is 0 Å². The van der Waals surface area contributed by atoms with E-state index in [0.717, 1.165) is 25.7 Å². The van der Waals surface area contributed by atoms with Crippen LogP contribution in [-0.2, 0) is 14.8 Å². The van der Waals surface area contributed by atoms with Gasteiger partial charge in [-0.3, -0.25) is 0 Å². The molecule has 1 aliphatic heterocycles. The third kappa shape index (κ3) is 2.82. The molecule has 0 radical (unpaired) electrons. The van der Waals surface area contributed by atoms with Gasteiger partial charge < -0.3 is 10.5 Å². The van der Waals surface area contributed by atoms with Crippen LogP contribution in [0.2, 0.25) is 0 Å². The minimum absolute atomic E-state index is 0.287. The van der Waals surface area contributed by atoms with E-state index in [1.165, 1.54) is 0 Å². The summed E-state index contributed by atoms with van der Waals surface area (Å²) in [4.78, 5) is 0. The van der Waals surface area contributed by atoms with Crippen LogP contribution in [0.3, 0.4) is 0 Å². The van der Waals surface area contributed by atoms with Crippen LogP contribution in [-0.4, -0.2) is 49.8 Å². The molecule has 0 aromatic rings. The zero-order valence-electron chi connectivity index (χ0n) is 11.8. The molecule has 0 spiro atoms. The third-order valence-electron chi connectivity index (χ3n) is 4.63. The predicted molar refractivity (Wildman–Crippen MR) is 75.4 cm³/mol. The van der Waals surface area contributed by atoms with Crippen LogP contribution in [0, 0.1) is 0 Å². The van der Waals surface area contributed by atoms with Gasteiger partial charge in [0.15, 0.2) is 0 Å². The second kappa shape index (κ2) is 6.08. The smallest absolute Gasteiger partial charge is 0.217 e. The van der Waals surface area contributed by atoms with Gasteiger partial charge in [-0.15, -0.1) is 0 Å². The molecule has 19 heavy (non-hydrogen) atoms. The molecule has 0 amide bonds. The van der Waals surface area contributed by atoms with E-state index in [9.17, 15) is 8.42 Å². The molecule has 1 heterocycles. The Hall–Kier alpha value is -0.170. The van der Waals surface area contributed by atoms with Gasteiger partial charge in [0.1, 0.15) is 0 Å². The van der Waals surface area contributed by atoms with Crippen LogP contribution in [0.4, 0.5) is 0 Å². The van der Waals surface area contributed by atoms with Crippen molar-refractivity contribution >= 4 is 10.0 Å². The van der Waals surface area contributed by atoms with Crippen LogP contribution in [0.5, 0.6) is 0 Å². The number of rotatable bonds is 5. The number of sulfonamides is 1. The molecule has 112 valence electrons. The first kappa shape index (κ1) is 15.2. The number of ether oxygens (including phenoxy) is 1. The first-order valence-electron chi connectivity index (χ1n) is 7.36. The highest BCUT2D eigenvalue weighted by molar-refractivity contribution is 7.89. The van der Waals surface area contributed by atoms with Gasteiger partial charge in [-0.1, -0.05) is 19.8 Å². The number of likely N-dealkylation sites (N-methyl/N-ethyl adjacent to an activating group) is 1. The Labute approximate surface area is 116 Å². The highest BCUT2D eigenvalue weighted by Crippen LogP contribution is 2.38. The summed E-state index contributed by atoms with van der Waals surface area (Å²) in [5.74, 6) is 0. The standard InChI is InChI=1S/C13H26N2O3S/c1-2-15(13(11-14)7-3-4-8-13)19(16,17)12-5-9-18-10-6-12/h12H,2-11,14H2,1H3. The molecule has 0 aromatic heterocycles. The highest BCUT2D eigenvalue weighted by Gasteiger charge is 2.46. The molecule has 0 unspecified atom stereocenters. The average molecular weight is 290 g/mol. The van der Waals surface area contributed by atoms with E-state index < -0.39 is 10.0 Å². The lowest BCUT2D eigenvalue weighted by molar-refractivity contribution is 0.0953. The molecule has 2 rings (SSSR count). The largest absolute Gasteiger partial charge is 0.381 e. The van der Waals surface area contributed by atoms with E-state index in [1.54, 1.807) is 4.31 Å². The Morgan fingerprint density at radius 3 is 2.32 bits per heavy atom. The predicted octanol–water partition coefficient (Wildman–Crippen LogP) is 1.09. The van der Waals surface area contributed by atoms with Gasteiger partial charge in [-0.05, 0) is 25.7 Å². The fraction of sp³-hybridized carbons (Fsp3) is 1.00. The van der Waals surface area contributed by atoms with Crippen molar-refractivity contribution < 1.29 is 13.2 Å². The maximum Gasteiger partial charge on any atom is 0.217 e. The summed E-state index contributed by atoms with van der Waals surface area (Å²) in [5, 5.41) is -0.287. The van der Waals surface area contributed by atoms with Crippen LogP contribution in [0.15, 0.2) is 0 Å². The zero-order valence-corrected chi connectivity index (χ0v) is 12.6. The molecule has 2 aliphatic rings. The SMILES string of the molecule is CCN(C1(CN)CCCC1)S(=O)(=O)C1CCOCC1. The molecular formula is C13H26N2O3S. The third-order valence-corrected chi connectivity index (χ3v) is 7.20. The Bertz CT molecular complexity index is 385. The van der Waals surface area contributed by atoms with Crippen molar-refractivity contribution in [2.24, 2.45) is 5.73 Å². The Morgan fingerprint density at radius 2 is 1.84 bits per heavy atom. The number of nitrogens with two attached hydrogens (primary N) is 1. The summed E-state index contributed by atoms with van der Waals surface area (Å²) in [6, 6.07) is 0. The van der Waals surface area contributed by atoms with E-state index in [1.807, 2.05) is 6.92 Å². The van der Waals surface area contributed by atoms with Gasteiger partial charge in [0.2, 0.25) is 10.0 Å². The number of hydrogen-bond acceptors (Lipinski definition) is 4. The van der Waals surface area contributed by atoms with Gasteiger partial charge in [-0.25, -0.2) is 8.42 Å². The van der Waals surface area contributed by atoms with Gasteiger partial charge in [-0.2, -0.15) is 4.31 Å². The van der Waals surface area contributed by atoms with Crippen molar-refractivity contribution in [2.45, 2.75) is 56.2 Å². The zero-order chi connectivity index (χ0) is 13.9. The molecule has 0 bridgehead atoms. The lowest BCUT2D eigenvalue weighted by atomic mass is 9.98. The van der Waals surface area contributed by atoms with Gasteiger partial charge in [0, 0.05) is 31.8 Å². The lowest BCUT2D eigenvalue weighted by Gasteiger charge is -2.41. The molecule has 1 aliphatic carbocycles. The van der Waals surface area contributed by atoms with Crippen molar-refractivity contribution in [3.63, 3.8) is 0 Å². The summed E-state index contributed by atoms with van der Waals surface area (Å²) in [6.07, 6.45) is 5.19. The van der Waals surface area contributed by atoms with Crippen molar-refractivity contribution in [2.75, 3.05) is 26.3 Å². The second-order valence-electron chi connectivity index (χ2n) is 5.66. The van der Waals surface area contributed by atoms with E-state index in [2.05, 4.69) is 0 Å². The molecule has 2 fully saturated rings. The molecule has 6 heteroatoms. The molecule has 0 aromatic carbocycles. The minimum Gasteiger partial charge on any atom is -0.381 e. The number of hydrogen-bond donors (Lipinski definition) is 1. The Kier molecular flexibility index (Phi) is 4.87. The fourth-order valence-electron chi connectivity index (χ4n) is 3.53. The van der Waals surface area contributed by atoms with E-state index >= 15 is 0 Å². The van der Waals surface area contributed by atoms with Crippen LogP contribution in [0.1, 0.15) is 45.4 Å². The first-order valence-corrected chi connectivity index (χ1v) is 8.86. The monoisotopic (exact) mass is 290 g/mol. The second-order valence-corrected chi connectivity index (χ2v) is 7.79. The summed E-state index contributed by atoms with van der Waals surface area (Å²) < 4.78 is 32.8. The maximum absolute atomic E-state index is 12.9. The molecule has 2 N–H and O–H groups in total. The molecule has 0 atom stereocenters. The Morgan fingerprint density at radius 1 is 1.26 bits per heavy atom. The maximum atomic E-state index is 12.9. The topological polar surface area (TPSA) is 72.6 Å². The molecule has 1 saturated carbocycles. The highest BCUT2D eigenvalue weighted by atomic mass is 32.2. The van der Waals surface area contributed by atoms with Crippen LogP contribution >= 0.6 is 0 Å². The quantitative estimate of drug-likeness (QED) is 0.822. The van der Waals surface area contributed by atoms with Gasteiger partial charge in [0.05, 0.1) is 5.25 Å². The minimum atomic E-state index is -3.25. The van der Waals surface area contributed by atoms with E-state index in [4.69, 9.17) is 10.5 Å². The summed E-state index contributed by atoms with van der Waals surface area (Å²) in [5.41, 5.74) is 5.61. The number of nitrogens with zero attached hydrogens (tertiary/aromatic N) is 1. The molecular weight excluding hydrogens is 264 g/mol. The molecule has 1 saturated heterocycles. The van der Waals surface area contributed by atoms with Crippen molar-refractivity contribution in [3.8, 4) is 0 Å². The summed E-state index contributed by atoms with van der Waals surface area (Å²) in [6.45, 7) is 3.99. The fourth-order valence-corrected chi connectivity index (χ4v) is 5.83. The average Bonchev–Trinajstić information content (AvgIpc) is 2.90. The van der Waals surface area contributed by atoms with E-state index in [0.29, 0.717) is 39.1 Å². The lowest BCUT2D eigenvalue weighted by Crippen LogP contribution is -2.57. The summed E-state index contributed by atoms with van der Waals surface area (Å²) >= 11 is 0. The summed E-state index contributed by atoms with van der Waals surface area (Å²) in [7, 11) is -3.25. The van der Waals surface area contributed by atoms with E-state index in [-0.39, 0.29) is 10.8 Å². The van der Waals surface area contributed by atoms with Crippen LogP contribution < -0.4 is 5.73 Å². The Balaban J connectivity index is 2.24. The normalized spacial score (nSPS) is 25.0.